The molecule has 1 aliphatic heterocycles. The Morgan fingerprint density at radius 1 is 1.22 bits per heavy atom. The maximum atomic E-state index is 4.77. The van der Waals surface area contributed by atoms with Gasteiger partial charge in [0, 0.05) is 37.0 Å². The average molecular weight is 380 g/mol. The second-order valence-electron chi connectivity index (χ2n) is 5.44. The molecule has 23 heavy (non-hydrogen) atoms. The van der Waals surface area contributed by atoms with E-state index in [9.17, 15) is 0 Å². The summed E-state index contributed by atoms with van der Waals surface area (Å²) in [6.45, 7) is 5.37. The number of hydrogen-bond donors (Lipinski definition) is 1. The fraction of sp³-hybridized carbons (Fsp3) is 0.500. The minimum Gasteiger partial charge on any atom is -0.317 e. The van der Waals surface area contributed by atoms with Crippen molar-refractivity contribution in [2.45, 2.75) is 38.6 Å². The van der Waals surface area contributed by atoms with Crippen LogP contribution in [0, 0.1) is 0 Å². The molecule has 1 fully saturated rings. The van der Waals surface area contributed by atoms with E-state index in [1.807, 2.05) is 18.5 Å². The highest BCUT2D eigenvalue weighted by molar-refractivity contribution is 5.86. The summed E-state index contributed by atoms with van der Waals surface area (Å²) in [5.74, 6) is 0.659. The third-order valence-electron chi connectivity index (χ3n) is 4.03. The summed E-state index contributed by atoms with van der Waals surface area (Å²) >= 11 is 0. The van der Waals surface area contributed by atoms with Gasteiger partial charge in [-0.1, -0.05) is 6.07 Å². The largest absolute Gasteiger partial charge is 0.317 e. The van der Waals surface area contributed by atoms with Crippen molar-refractivity contribution in [3.05, 3.63) is 47.5 Å². The van der Waals surface area contributed by atoms with Crippen LogP contribution < -0.4 is 5.32 Å². The predicted molar refractivity (Wildman–Crippen MR) is 102 cm³/mol. The van der Waals surface area contributed by atoms with Gasteiger partial charge in [-0.3, -0.25) is 9.67 Å². The molecular weight excluding hydrogens is 355 g/mol. The van der Waals surface area contributed by atoms with Gasteiger partial charge >= 0.3 is 0 Å². The zero-order chi connectivity index (χ0) is 13.8. The van der Waals surface area contributed by atoms with Gasteiger partial charge < -0.3 is 5.32 Å². The van der Waals surface area contributed by atoms with E-state index < -0.39 is 0 Å². The molecule has 7 heteroatoms. The van der Waals surface area contributed by atoms with Gasteiger partial charge in [-0.15, -0.1) is 37.2 Å². The summed E-state index contributed by atoms with van der Waals surface area (Å²) < 4.78 is 2.18. The van der Waals surface area contributed by atoms with Gasteiger partial charge in [0.15, 0.2) is 0 Å². The first kappa shape index (κ1) is 22.2. The van der Waals surface area contributed by atoms with Crippen LogP contribution >= 0.6 is 37.2 Å². The van der Waals surface area contributed by atoms with Crippen LogP contribution in [0.2, 0.25) is 0 Å². The van der Waals surface area contributed by atoms with Crippen LogP contribution in [0.25, 0.3) is 0 Å². The van der Waals surface area contributed by atoms with E-state index in [1.54, 1.807) is 0 Å². The van der Waals surface area contributed by atoms with E-state index in [4.69, 9.17) is 5.10 Å². The molecule has 1 saturated heterocycles. The monoisotopic (exact) mass is 378 g/mol. The lowest BCUT2D eigenvalue weighted by molar-refractivity contribution is 0.432. The van der Waals surface area contributed by atoms with Gasteiger partial charge in [0.25, 0.3) is 0 Å². The van der Waals surface area contributed by atoms with Crippen molar-refractivity contribution in [3.8, 4) is 0 Å². The summed E-state index contributed by atoms with van der Waals surface area (Å²) in [6.07, 6.45) is 7.05. The number of halogens is 3. The van der Waals surface area contributed by atoms with Crippen LogP contribution in [0.3, 0.4) is 0 Å². The molecule has 0 atom stereocenters. The van der Waals surface area contributed by atoms with Gasteiger partial charge in [0.05, 0.1) is 5.69 Å². The smallest absolute Gasteiger partial charge is 0.0671 e. The Hall–Kier alpha value is -0.810. The minimum absolute atomic E-state index is 0. The SMILES string of the molecule is CCn1nc(Cc2cccnc2)cc1C1CCNCC1.Cl.Cl.Cl. The Balaban J connectivity index is 0.00000161. The maximum Gasteiger partial charge on any atom is 0.0671 e. The third kappa shape index (κ3) is 5.64. The standard InChI is InChI=1S/C16H22N4.3ClH/c1-2-20-16(14-5-8-17-9-6-14)11-15(19-20)10-13-4-3-7-18-12-13;;;/h3-4,7,11-12,14,17H,2,5-6,8-10H2,1H3;3*1H. The van der Waals surface area contributed by atoms with Gasteiger partial charge in [-0.05, 0) is 50.6 Å². The highest BCUT2D eigenvalue weighted by Gasteiger charge is 2.20. The molecule has 3 heterocycles. The number of hydrogen-bond acceptors (Lipinski definition) is 3. The van der Waals surface area contributed by atoms with E-state index in [2.05, 4.69) is 34.0 Å². The Labute approximate surface area is 156 Å². The first-order valence-electron chi connectivity index (χ1n) is 7.53. The molecule has 1 aliphatic rings. The van der Waals surface area contributed by atoms with Gasteiger partial charge in [-0.2, -0.15) is 5.10 Å². The van der Waals surface area contributed by atoms with Crippen LogP contribution in [-0.4, -0.2) is 27.9 Å². The highest BCUT2D eigenvalue weighted by Crippen LogP contribution is 2.26. The molecule has 1 N–H and O–H groups in total. The average Bonchev–Trinajstić information content (AvgIpc) is 2.92. The van der Waals surface area contributed by atoms with E-state index in [1.165, 1.54) is 24.1 Å². The number of nitrogens with zero attached hydrogens (tertiary/aromatic N) is 3. The van der Waals surface area contributed by atoms with Crippen molar-refractivity contribution in [3.63, 3.8) is 0 Å². The maximum absolute atomic E-state index is 4.77. The van der Waals surface area contributed by atoms with E-state index in [0.717, 1.165) is 31.7 Å². The van der Waals surface area contributed by atoms with Crippen molar-refractivity contribution in [2.24, 2.45) is 0 Å². The summed E-state index contributed by atoms with van der Waals surface area (Å²) in [6, 6.07) is 6.40. The van der Waals surface area contributed by atoms with Crippen molar-refractivity contribution >= 4 is 37.2 Å². The minimum atomic E-state index is 0. The molecular formula is C16H25Cl3N4. The number of pyridine rings is 1. The van der Waals surface area contributed by atoms with E-state index in [0.29, 0.717) is 5.92 Å². The molecule has 0 aliphatic carbocycles. The lowest BCUT2D eigenvalue weighted by atomic mass is 9.94. The zero-order valence-electron chi connectivity index (χ0n) is 13.3. The number of aryl methyl sites for hydroxylation is 1. The molecule has 0 spiro atoms. The van der Waals surface area contributed by atoms with Crippen LogP contribution in [0.4, 0.5) is 0 Å². The van der Waals surface area contributed by atoms with Crippen LogP contribution in [0.1, 0.15) is 42.6 Å². The second kappa shape index (κ2) is 10.9. The second-order valence-corrected chi connectivity index (χ2v) is 5.44. The molecule has 0 amide bonds. The van der Waals surface area contributed by atoms with Crippen LogP contribution in [0.5, 0.6) is 0 Å². The van der Waals surface area contributed by atoms with Crippen molar-refractivity contribution in [2.75, 3.05) is 13.1 Å². The summed E-state index contributed by atoms with van der Waals surface area (Å²) in [5, 5.41) is 8.20. The molecule has 4 nitrogen and oxygen atoms in total. The van der Waals surface area contributed by atoms with Crippen LogP contribution in [-0.2, 0) is 13.0 Å². The van der Waals surface area contributed by atoms with Crippen molar-refractivity contribution in [1.29, 1.82) is 0 Å². The topological polar surface area (TPSA) is 42.7 Å². The number of aromatic nitrogens is 3. The van der Waals surface area contributed by atoms with Crippen LogP contribution in [0.15, 0.2) is 30.6 Å². The third-order valence-corrected chi connectivity index (χ3v) is 4.03. The summed E-state index contributed by atoms with van der Waals surface area (Å²) in [5.41, 5.74) is 3.80. The normalized spacial score (nSPS) is 14.3. The van der Waals surface area contributed by atoms with Gasteiger partial charge in [0.2, 0.25) is 0 Å². The molecule has 2 aromatic heterocycles. The molecule has 0 unspecified atom stereocenters. The molecule has 2 aromatic rings. The fourth-order valence-electron chi connectivity index (χ4n) is 2.98. The fourth-order valence-corrected chi connectivity index (χ4v) is 2.98. The first-order valence-corrected chi connectivity index (χ1v) is 7.53. The zero-order valence-corrected chi connectivity index (χ0v) is 15.7. The molecule has 0 radical (unpaired) electrons. The highest BCUT2D eigenvalue weighted by atomic mass is 35.5. The quantitative estimate of drug-likeness (QED) is 0.882. The molecule has 3 rings (SSSR count). The van der Waals surface area contributed by atoms with Gasteiger partial charge in [0.1, 0.15) is 0 Å². The molecule has 0 aromatic carbocycles. The summed E-state index contributed by atoms with van der Waals surface area (Å²) in [4.78, 5) is 4.18. The Bertz CT molecular complexity index is 554. The lowest BCUT2D eigenvalue weighted by Crippen LogP contribution is -2.27. The van der Waals surface area contributed by atoms with Crippen molar-refractivity contribution < 1.29 is 0 Å². The number of rotatable bonds is 4. The molecule has 0 bridgehead atoms. The Kier molecular flexibility index (Phi) is 10.5. The first-order chi connectivity index (χ1) is 9.86. The van der Waals surface area contributed by atoms with E-state index in [-0.39, 0.29) is 37.2 Å². The van der Waals surface area contributed by atoms with E-state index >= 15 is 0 Å². The van der Waals surface area contributed by atoms with Crippen molar-refractivity contribution in [1.82, 2.24) is 20.1 Å². The Morgan fingerprint density at radius 3 is 2.57 bits per heavy atom. The number of piperidine rings is 1. The molecule has 130 valence electrons. The Morgan fingerprint density at radius 2 is 1.96 bits per heavy atom. The summed E-state index contributed by atoms with van der Waals surface area (Å²) in [7, 11) is 0. The molecule has 0 saturated carbocycles. The van der Waals surface area contributed by atoms with Gasteiger partial charge in [-0.25, -0.2) is 0 Å². The predicted octanol–water partition coefficient (Wildman–Crippen LogP) is 3.62. The number of nitrogens with one attached hydrogen (secondary N) is 1. The lowest BCUT2D eigenvalue weighted by Gasteiger charge is -2.23.